The molecule has 0 aliphatic heterocycles. The van der Waals surface area contributed by atoms with Crippen molar-refractivity contribution < 1.29 is 13.2 Å². The lowest BCUT2D eigenvalue weighted by Gasteiger charge is -2.07. The zero-order chi connectivity index (χ0) is 13.7. The molecule has 0 heterocycles. The molecule has 104 valence electrons. The van der Waals surface area contributed by atoms with Crippen molar-refractivity contribution in [1.82, 2.24) is 10.6 Å². The highest BCUT2D eigenvalue weighted by molar-refractivity contribution is 7.91. The predicted octanol–water partition coefficient (Wildman–Crippen LogP) is 1.31. The molecule has 2 rings (SSSR count). The van der Waals surface area contributed by atoms with E-state index in [0.29, 0.717) is 23.9 Å². The van der Waals surface area contributed by atoms with E-state index in [1.54, 1.807) is 30.3 Å². The summed E-state index contributed by atoms with van der Waals surface area (Å²) in [6.45, 7) is 0.366. The van der Waals surface area contributed by atoms with Crippen molar-refractivity contribution in [3.05, 3.63) is 30.3 Å². The number of nitrogens with one attached hydrogen (secondary N) is 2. The Morgan fingerprint density at radius 2 is 1.89 bits per heavy atom. The standard InChI is InChI=1S/C13H18N2O3S/c16-13(15-11-7-8-11)14-9-4-10-19(17,18)12-5-2-1-3-6-12/h1-3,5-6,11H,4,7-10H2,(H2,14,15,16). The smallest absolute Gasteiger partial charge is 0.315 e. The lowest BCUT2D eigenvalue weighted by atomic mass is 10.4. The molecule has 0 unspecified atom stereocenters. The van der Waals surface area contributed by atoms with Gasteiger partial charge in [0.15, 0.2) is 9.84 Å². The van der Waals surface area contributed by atoms with Crippen molar-refractivity contribution >= 4 is 15.9 Å². The topological polar surface area (TPSA) is 75.3 Å². The molecule has 0 aromatic heterocycles. The van der Waals surface area contributed by atoms with Gasteiger partial charge in [-0.1, -0.05) is 18.2 Å². The Hall–Kier alpha value is -1.56. The maximum Gasteiger partial charge on any atom is 0.315 e. The fourth-order valence-corrected chi connectivity index (χ4v) is 3.01. The minimum absolute atomic E-state index is 0.0424. The second-order valence-corrected chi connectivity index (χ2v) is 6.77. The van der Waals surface area contributed by atoms with E-state index in [1.165, 1.54) is 0 Å². The summed E-state index contributed by atoms with van der Waals surface area (Å²) in [4.78, 5) is 11.6. The Labute approximate surface area is 113 Å². The minimum atomic E-state index is -3.24. The summed E-state index contributed by atoms with van der Waals surface area (Å²) in [6.07, 6.45) is 2.49. The van der Waals surface area contributed by atoms with E-state index in [2.05, 4.69) is 10.6 Å². The first-order chi connectivity index (χ1) is 9.08. The Kier molecular flexibility index (Phi) is 4.42. The molecule has 1 aliphatic carbocycles. The molecule has 0 spiro atoms. The van der Waals surface area contributed by atoms with Gasteiger partial charge in [-0.3, -0.25) is 0 Å². The Bertz CT molecular complexity index is 524. The van der Waals surface area contributed by atoms with Crippen LogP contribution in [-0.4, -0.2) is 32.8 Å². The number of benzene rings is 1. The first-order valence-electron chi connectivity index (χ1n) is 6.40. The average Bonchev–Trinajstić information content (AvgIpc) is 3.20. The van der Waals surface area contributed by atoms with E-state index in [4.69, 9.17) is 0 Å². The van der Waals surface area contributed by atoms with Crippen molar-refractivity contribution in [2.75, 3.05) is 12.3 Å². The van der Waals surface area contributed by atoms with Gasteiger partial charge in [-0.15, -0.1) is 0 Å². The molecule has 0 bridgehead atoms. The summed E-state index contributed by atoms with van der Waals surface area (Å²) in [5.74, 6) is 0.0424. The second kappa shape index (κ2) is 6.06. The zero-order valence-electron chi connectivity index (χ0n) is 10.6. The molecule has 0 radical (unpaired) electrons. The predicted molar refractivity (Wildman–Crippen MR) is 72.7 cm³/mol. The van der Waals surface area contributed by atoms with Crippen LogP contribution >= 0.6 is 0 Å². The van der Waals surface area contributed by atoms with Crippen LogP contribution in [0.2, 0.25) is 0 Å². The van der Waals surface area contributed by atoms with Crippen LogP contribution < -0.4 is 10.6 Å². The molecule has 19 heavy (non-hydrogen) atoms. The number of carbonyl (C=O) groups excluding carboxylic acids is 1. The summed E-state index contributed by atoms with van der Waals surface area (Å²) >= 11 is 0. The molecule has 2 N–H and O–H groups in total. The van der Waals surface area contributed by atoms with E-state index in [-0.39, 0.29) is 11.8 Å². The highest BCUT2D eigenvalue weighted by Crippen LogP contribution is 2.18. The van der Waals surface area contributed by atoms with Gasteiger partial charge in [-0.05, 0) is 31.4 Å². The van der Waals surface area contributed by atoms with Gasteiger partial charge in [0.1, 0.15) is 0 Å². The molecule has 1 saturated carbocycles. The number of rotatable bonds is 6. The quantitative estimate of drug-likeness (QED) is 0.773. The maximum atomic E-state index is 11.9. The number of sulfone groups is 1. The van der Waals surface area contributed by atoms with Crippen LogP contribution in [0.25, 0.3) is 0 Å². The first-order valence-corrected chi connectivity index (χ1v) is 8.05. The summed E-state index contributed by atoms with van der Waals surface area (Å²) in [5.41, 5.74) is 0. The zero-order valence-corrected chi connectivity index (χ0v) is 11.4. The van der Waals surface area contributed by atoms with Crippen molar-refractivity contribution in [2.45, 2.75) is 30.2 Å². The third kappa shape index (κ3) is 4.55. The summed E-state index contributed by atoms with van der Waals surface area (Å²) in [5, 5.41) is 5.45. The van der Waals surface area contributed by atoms with E-state index in [9.17, 15) is 13.2 Å². The van der Waals surface area contributed by atoms with Crippen LogP contribution in [0.3, 0.4) is 0 Å². The fraction of sp³-hybridized carbons (Fsp3) is 0.462. The molecule has 5 nitrogen and oxygen atoms in total. The maximum absolute atomic E-state index is 11.9. The molecule has 6 heteroatoms. The van der Waals surface area contributed by atoms with Gasteiger partial charge < -0.3 is 10.6 Å². The van der Waals surface area contributed by atoms with Crippen molar-refractivity contribution in [3.8, 4) is 0 Å². The highest BCUT2D eigenvalue weighted by Gasteiger charge is 2.22. The van der Waals surface area contributed by atoms with Crippen LogP contribution in [-0.2, 0) is 9.84 Å². The highest BCUT2D eigenvalue weighted by atomic mass is 32.2. The Balaban J connectivity index is 1.71. The van der Waals surface area contributed by atoms with Gasteiger partial charge in [0, 0.05) is 12.6 Å². The van der Waals surface area contributed by atoms with E-state index < -0.39 is 9.84 Å². The number of amides is 2. The third-order valence-corrected chi connectivity index (χ3v) is 4.71. The largest absolute Gasteiger partial charge is 0.338 e. The molecule has 1 aromatic carbocycles. The molecule has 1 fully saturated rings. The minimum Gasteiger partial charge on any atom is -0.338 e. The van der Waals surface area contributed by atoms with E-state index in [0.717, 1.165) is 12.8 Å². The summed E-state index contributed by atoms with van der Waals surface area (Å²) < 4.78 is 23.9. The van der Waals surface area contributed by atoms with Gasteiger partial charge in [0.25, 0.3) is 0 Å². The van der Waals surface area contributed by atoms with Crippen LogP contribution in [0.15, 0.2) is 35.2 Å². The monoisotopic (exact) mass is 282 g/mol. The number of urea groups is 1. The van der Waals surface area contributed by atoms with Crippen molar-refractivity contribution in [2.24, 2.45) is 0 Å². The molecular weight excluding hydrogens is 264 g/mol. The molecule has 1 aromatic rings. The van der Waals surface area contributed by atoms with Crippen LogP contribution in [0.4, 0.5) is 4.79 Å². The Morgan fingerprint density at radius 3 is 2.53 bits per heavy atom. The van der Waals surface area contributed by atoms with Gasteiger partial charge in [-0.2, -0.15) is 0 Å². The normalized spacial score (nSPS) is 14.9. The fourth-order valence-electron chi connectivity index (χ4n) is 1.67. The SMILES string of the molecule is O=C(NCCCS(=O)(=O)c1ccccc1)NC1CC1. The van der Waals surface area contributed by atoms with Crippen LogP contribution in [0.1, 0.15) is 19.3 Å². The summed E-state index contributed by atoms with van der Waals surface area (Å²) in [6, 6.07) is 8.46. The molecule has 2 amide bonds. The van der Waals surface area contributed by atoms with Crippen LogP contribution in [0, 0.1) is 0 Å². The number of hydrogen-bond acceptors (Lipinski definition) is 3. The van der Waals surface area contributed by atoms with Gasteiger partial charge in [0.05, 0.1) is 10.6 Å². The van der Waals surface area contributed by atoms with Crippen molar-refractivity contribution in [1.29, 1.82) is 0 Å². The van der Waals surface area contributed by atoms with E-state index >= 15 is 0 Å². The van der Waals surface area contributed by atoms with Crippen LogP contribution in [0.5, 0.6) is 0 Å². The third-order valence-electron chi connectivity index (χ3n) is 2.89. The van der Waals surface area contributed by atoms with Crippen molar-refractivity contribution in [3.63, 3.8) is 0 Å². The molecule has 1 aliphatic rings. The molecule has 0 atom stereocenters. The number of hydrogen-bond donors (Lipinski definition) is 2. The first kappa shape index (κ1) is 13.9. The van der Waals surface area contributed by atoms with Gasteiger partial charge in [-0.25, -0.2) is 13.2 Å². The number of carbonyl (C=O) groups is 1. The Morgan fingerprint density at radius 1 is 1.21 bits per heavy atom. The average molecular weight is 282 g/mol. The molecule has 0 saturated heterocycles. The van der Waals surface area contributed by atoms with Gasteiger partial charge >= 0.3 is 6.03 Å². The lowest BCUT2D eigenvalue weighted by Crippen LogP contribution is -2.37. The summed E-state index contributed by atoms with van der Waals surface area (Å²) in [7, 11) is -3.24. The van der Waals surface area contributed by atoms with Gasteiger partial charge in [0.2, 0.25) is 0 Å². The van der Waals surface area contributed by atoms with E-state index in [1.807, 2.05) is 0 Å². The second-order valence-electron chi connectivity index (χ2n) is 4.66. The lowest BCUT2D eigenvalue weighted by molar-refractivity contribution is 0.240. The molecular formula is C13H18N2O3S.